The maximum atomic E-state index is 12.3. The molecule has 0 spiro atoms. The van der Waals surface area contributed by atoms with Crippen molar-refractivity contribution in [1.29, 1.82) is 0 Å². The first-order valence-corrected chi connectivity index (χ1v) is 7.60. The minimum absolute atomic E-state index is 0.0234. The van der Waals surface area contributed by atoms with Crippen molar-refractivity contribution in [1.82, 2.24) is 5.06 Å². The Kier molecular flexibility index (Phi) is 3.18. The van der Waals surface area contributed by atoms with E-state index in [-0.39, 0.29) is 30.3 Å². The number of allylic oxidation sites excluding steroid dienone is 2. The number of benzene rings is 1. The van der Waals surface area contributed by atoms with Crippen molar-refractivity contribution in [3.05, 3.63) is 48.0 Å². The predicted molar refractivity (Wildman–Crippen MR) is 77.3 cm³/mol. The van der Waals surface area contributed by atoms with Crippen molar-refractivity contribution in [3.63, 3.8) is 0 Å². The quantitative estimate of drug-likeness (QED) is 0.485. The standard InChI is InChI=1S/C17H15NO5/c19-15-13-11-6-7-12(8-11)14(13)16(20)18(15)23-17(21)22-9-10-4-2-1-3-5-10/h1-7,11-14H,8-9H2/t11-,12-,13-,14+/m0/s1. The van der Waals surface area contributed by atoms with Crippen LogP contribution in [0.25, 0.3) is 0 Å². The van der Waals surface area contributed by atoms with Gasteiger partial charge in [0.25, 0.3) is 11.8 Å². The van der Waals surface area contributed by atoms with E-state index in [1.54, 1.807) is 12.1 Å². The Balaban J connectivity index is 1.39. The van der Waals surface area contributed by atoms with Crippen molar-refractivity contribution in [2.45, 2.75) is 13.0 Å². The summed E-state index contributed by atoms with van der Waals surface area (Å²) in [7, 11) is 0. The largest absolute Gasteiger partial charge is 0.534 e. The third-order valence-electron chi connectivity index (χ3n) is 4.80. The molecule has 1 aromatic rings. The van der Waals surface area contributed by atoms with Crippen LogP contribution in [0.2, 0.25) is 0 Å². The van der Waals surface area contributed by atoms with Gasteiger partial charge in [0.15, 0.2) is 0 Å². The van der Waals surface area contributed by atoms with Gasteiger partial charge in [0, 0.05) is 0 Å². The molecule has 1 saturated heterocycles. The van der Waals surface area contributed by atoms with Gasteiger partial charge in [0.05, 0.1) is 11.8 Å². The lowest BCUT2D eigenvalue weighted by atomic mass is 9.85. The summed E-state index contributed by atoms with van der Waals surface area (Å²) in [5.74, 6) is -1.49. The number of nitrogens with zero attached hydrogens (tertiary/aromatic N) is 1. The van der Waals surface area contributed by atoms with Crippen molar-refractivity contribution < 1.29 is 24.0 Å². The lowest BCUT2D eigenvalue weighted by molar-refractivity contribution is -0.180. The van der Waals surface area contributed by atoms with Crippen molar-refractivity contribution >= 4 is 18.0 Å². The van der Waals surface area contributed by atoms with Crippen LogP contribution in [0.4, 0.5) is 4.79 Å². The van der Waals surface area contributed by atoms with Crippen molar-refractivity contribution in [3.8, 4) is 0 Å². The van der Waals surface area contributed by atoms with Gasteiger partial charge in [-0.2, -0.15) is 0 Å². The van der Waals surface area contributed by atoms with Gasteiger partial charge in [-0.1, -0.05) is 47.5 Å². The molecule has 0 N–H and O–H groups in total. The summed E-state index contributed by atoms with van der Waals surface area (Å²) in [5.41, 5.74) is 0.794. The second kappa shape index (κ2) is 5.22. The summed E-state index contributed by atoms with van der Waals surface area (Å²) in [6.07, 6.45) is 3.75. The van der Waals surface area contributed by atoms with Gasteiger partial charge in [-0.25, -0.2) is 4.79 Å². The minimum atomic E-state index is -1.05. The number of fused-ring (bicyclic) bond motifs is 5. The topological polar surface area (TPSA) is 72.9 Å². The first kappa shape index (κ1) is 14.0. The average molecular weight is 313 g/mol. The van der Waals surface area contributed by atoms with Gasteiger partial charge >= 0.3 is 6.16 Å². The molecule has 0 unspecified atom stereocenters. The number of hydroxylamine groups is 2. The molecule has 2 fully saturated rings. The second-order valence-corrected chi connectivity index (χ2v) is 6.09. The molecule has 2 bridgehead atoms. The number of hydrogen-bond acceptors (Lipinski definition) is 5. The van der Waals surface area contributed by atoms with E-state index in [9.17, 15) is 14.4 Å². The molecule has 23 heavy (non-hydrogen) atoms. The molecule has 1 aliphatic heterocycles. The van der Waals surface area contributed by atoms with Gasteiger partial charge in [-0.05, 0) is 23.8 Å². The Morgan fingerprint density at radius 1 is 1.04 bits per heavy atom. The summed E-state index contributed by atoms with van der Waals surface area (Å²) in [4.78, 5) is 41.3. The third kappa shape index (κ3) is 2.21. The molecule has 1 aromatic carbocycles. The zero-order valence-electron chi connectivity index (χ0n) is 12.3. The van der Waals surface area contributed by atoms with Crippen molar-refractivity contribution in [2.24, 2.45) is 23.7 Å². The lowest BCUT2D eigenvalue weighted by Gasteiger charge is -2.15. The molecule has 2 aliphatic carbocycles. The minimum Gasteiger partial charge on any atom is -0.428 e. The highest BCUT2D eigenvalue weighted by molar-refractivity contribution is 6.05. The number of carbonyl (C=O) groups is 3. The van der Waals surface area contributed by atoms with Crippen LogP contribution >= 0.6 is 0 Å². The fourth-order valence-electron chi connectivity index (χ4n) is 3.78. The SMILES string of the molecule is O=C(OCc1ccccc1)ON1C(=O)[C@@H]2[C@H](C1=O)[C@H]1C=C[C@H]2C1. The van der Waals surface area contributed by atoms with E-state index in [2.05, 4.69) is 0 Å². The summed E-state index contributed by atoms with van der Waals surface area (Å²) in [6, 6.07) is 9.09. The number of amides is 2. The number of hydrogen-bond donors (Lipinski definition) is 0. The fraction of sp³-hybridized carbons (Fsp3) is 0.353. The molecule has 4 rings (SSSR count). The van der Waals surface area contributed by atoms with E-state index in [1.165, 1.54) is 0 Å². The molecule has 2 amide bonds. The van der Waals surface area contributed by atoms with Gasteiger partial charge < -0.3 is 4.74 Å². The second-order valence-electron chi connectivity index (χ2n) is 6.09. The molecule has 4 atom stereocenters. The monoisotopic (exact) mass is 313 g/mol. The molecule has 1 heterocycles. The predicted octanol–water partition coefficient (Wildman–Crippen LogP) is 2.06. The highest BCUT2D eigenvalue weighted by Gasteiger charge is 2.61. The van der Waals surface area contributed by atoms with E-state index in [4.69, 9.17) is 9.57 Å². The maximum absolute atomic E-state index is 12.3. The van der Waals surface area contributed by atoms with Crippen LogP contribution in [0.3, 0.4) is 0 Å². The fourth-order valence-corrected chi connectivity index (χ4v) is 3.78. The normalized spacial score (nSPS) is 30.7. The van der Waals surface area contributed by atoms with Crippen molar-refractivity contribution in [2.75, 3.05) is 0 Å². The Hall–Kier alpha value is -2.63. The summed E-state index contributed by atoms with van der Waals surface area (Å²) >= 11 is 0. The molecule has 6 heteroatoms. The highest BCUT2D eigenvalue weighted by Crippen LogP contribution is 2.52. The molecule has 0 radical (unpaired) electrons. The van der Waals surface area contributed by atoms with Crippen LogP contribution in [0.5, 0.6) is 0 Å². The van der Waals surface area contributed by atoms with Crippen LogP contribution in [-0.2, 0) is 25.8 Å². The van der Waals surface area contributed by atoms with Gasteiger partial charge in [0.1, 0.15) is 6.61 Å². The van der Waals surface area contributed by atoms with E-state index in [0.29, 0.717) is 5.06 Å². The number of imide groups is 1. The van der Waals surface area contributed by atoms with E-state index in [1.807, 2.05) is 30.4 Å². The summed E-state index contributed by atoms with van der Waals surface area (Å²) in [6.45, 7) is 0.0234. The summed E-state index contributed by atoms with van der Waals surface area (Å²) < 4.78 is 4.96. The van der Waals surface area contributed by atoms with Gasteiger partial charge in [-0.3, -0.25) is 14.4 Å². The maximum Gasteiger partial charge on any atom is 0.534 e. The van der Waals surface area contributed by atoms with Crippen LogP contribution in [0.15, 0.2) is 42.5 Å². The lowest BCUT2D eigenvalue weighted by Crippen LogP contribution is -2.35. The number of ether oxygens (including phenoxy) is 1. The molecule has 3 aliphatic rings. The molecule has 0 aromatic heterocycles. The van der Waals surface area contributed by atoms with Gasteiger partial charge in [-0.15, -0.1) is 0 Å². The van der Waals surface area contributed by atoms with Crippen LogP contribution < -0.4 is 0 Å². The highest BCUT2D eigenvalue weighted by atomic mass is 16.8. The first-order valence-electron chi connectivity index (χ1n) is 7.60. The zero-order chi connectivity index (χ0) is 16.0. The average Bonchev–Trinajstić information content (AvgIpc) is 3.24. The zero-order valence-corrected chi connectivity index (χ0v) is 12.3. The summed E-state index contributed by atoms with van der Waals surface area (Å²) in [5, 5.41) is 0.592. The third-order valence-corrected chi connectivity index (χ3v) is 4.80. The Labute approximate surface area is 132 Å². The number of carbonyl (C=O) groups excluding carboxylic acids is 3. The number of rotatable bonds is 3. The molecule has 118 valence electrons. The van der Waals surface area contributed by atoms with Crippen LogP contribution in [-0.4, -0.2) is 23.0 Å². The van der Waals surface area contributed by atoms with Crippen LogP contribution in [0.1, 0.15) is 12.0 Å². The van der Waals surface area contributed by atoms with E-state index in [0.717, 1.165) is 12.0 Å². The van der Waals surface area contributed by atoms with Crippen LogP contribution in [0, 0.1) is 23.7 Å². The molecular weight excluding hydrogens is 298 g/mol. The van der Waals surface area contributed by atoms with E-state index < -0.39 is 18.0 Å². The van der Waals surface area contributed by atoms with E-state index >= 15 is 0 Å². The molecule has 1 saturated carbocycles. The Bertz CT molecular complexity index is 668. The Morgan fingerprint density at radius 2 is 1.65 bits per heavy atom. The Morgan fingerprint density at radius 3 is 2.26 bits per heavy atom. The molecule has 6 nitrogen and oxygen atoms in total. The van der Waals surface area contributed by atoms with Gasteiger partial charge in [0.2, 0.25) is 0 Å². The molecular formula is C17H15NO5. The smallest absolute Gasteiger partial charge is 0.428 e. The first-order chi connectivity index (χ1) is 11.1.